The Kier molecular flexibility index (Phi) is 3.55. The van der Waals surface area contributed by atoms with Gasteiger partial charge in [-0.2, -0.15) is 0 Å². The molecule has 9 heteroatoms. The third-order valence-corrected chi connectivity index (χ3v) is 3.38. The molecule has 1 aromatic carbocycles. The number of hydrogen-bond donors (Lipinski definition) is 2. The molecule has 0 aliphatic rings. The van der Waals surface area contributed by atoms with Crippen molar-refractivity contribution in [2.75, 3.05) is 5.32 Å². The maximum atomic E-state index is 13.7. The highest BCUT2D eigenvalue weighted by atomic mass is 32.2. The molecule has 0 bridgehead atoms. The topological polar surface area (TPSA) is 115 Å². The van der Waals surface area contributed by atoms with Crippen LogP contribution in [0.3, 0.4) is 0 Å². The van der Waals surface area contributed by atoms with Crippen molar-refractivity contribution >= 4 is 21.6 Å². The second-order valence-corrected chi connectivity index (χ2v) is 5.54. The van der Waals surface area contributed by atoms with Crippen molar-refractivity contribution in [3.8, 4) is 0 Å². The summed E-state index contributed by atoms with van der Waals surface area (Å²) in [6.45, 7) is 1.60. The molecule has 1 aromatic heterocycles. The van der Waals surface area contributed by atoms with Gasteiger partial charge in [0.1, 0.15) is 5.82 Å². The van der Waals surface area contributed by atoms with Gasteiger partial charge in [-0.25, -0.2) is 17.9 Å². The van der Waals surface area contributed by atoms with Gasteiger partial charge >= 0.3 is 0 Å². The van der Waals surface area contributed by atoms with Crippen LogP contribution in [0.25, 0.3) is 0 Å². The summed E-state index contributed by atoms with van der Waals surface area (Å²) < 4.78 is 40.5. The molecule has 1 amide bonds. The minimum Gasteiger partial charge on any atom is -0.351 e. The lowest BCUT2D eigenvalue weighted by atomic mass is 10.2. The molecule has 0 unspecified atom stereocenters. The number of aromatic nitrogens is 1. The molecular weight excluding hydrogens is 289 g/mol. The summed E-state index contributed by atoms with van der Waals surface area (Å²) in [4.78, 5) is 11.4. The highest BCUT2D eigenvalue weighted by Gasteiger charge is 2.17. The number of nitrogens with one attached hydrogen (secondary N) is 1. The molecular formula is C11H10FN3O4S. The summed E-state index contributed by atoms with van der Waals surface area (Å²) in [5.74, 6) is -1.68. The number of aryl methyl sites for hydroxylation is 1. The Morgan fingerprint density at radius 2 is 2.15 bits per heavy atom. The van der Waals surface area contributed by atoms with Gasteiger partial charge in [-0.05, 0) is 25.1 Å². The van der Waals surface area contributed by atoms with Gasteiger partial charge in [0.05, 0.1) is 16.8 Å². The normalized spacial score (nSPS) is 11.3. The van der Waals surface area contributed by atoms with Gasteiger partial charge in [-0.3, -0.25) is 4.79 Å². The number of sulfonamides is 1. The fourth-order valence-corrected chi connectivity index (χ4v) is 1.99. The monoisotopic (exact) mass is 299 g/mol. The average Bonchev–Trinajstić information content (AvgIpc) is 2.76. The van der Waals surface area contributed by atoms with Crippen molar-refractivity contribution in [1.29, 1.82) is 0 Å². The van der Waals surface area contributed by atoms with E-state index in [9.17, 15) is 17.6 Å². The van der Waals surface area contributed by atoms with E-state index in [1.807, 2.05) is 0 Å². The molecule has 1 heterocycles. The number of carbonyl (C=O) groups is 1. The van der Waals surface area contributed by atoms with Crippen molar-refractivity contribution in [3.05, 3.63) is 41.5 Å². The molecule has 0 saturated carbocycles. The molecule has 0 atom stereocenters. The maximum Gasteiger partial charge on any atom is 0.294 e. The van der Waals surface area contributed by atoms with Gasteiger partial charge in [0, 0.05) is 5.56 Å². The molecule has 3 N–H and O–H groups in total. The first-order valence-electron chi connectivity index (χ1n) is 5.34. The summed E-state index contributed by atoms with van der Waals surface area (Å²) in [6, 6.07) is 2.90. The lowest BCUT2D eigenvalue weighted by Crippen LogP contribution is -2.15. The van der Waals surface area contributed by atoms with E-state index in [0.717, 1.165) is 18.2 Å². The zero-order chi connectivity index (χ0) is 14.9. The Morgan fingerprint density at radius 3 is 2.65 bits per heavy atom. The molecule has 0 spiro atoms. The van der Waals surface area contributed by atoms with E-state index in [1.165, 1.54) is 6.20 Å². The van der Waals surface area contributed by atoms with E-state index in [-0.39, 0.29) is 16.3 Å². The Balaban J connectivity index is 2.27. The number of rotatable bonds is 3. The van der Waals surface area contributed by atoms with Gasteiger partial charge in [-0.1, -0.05) is 5.16 Å². The summed E-state index contributed by atoms with van der Waals surface area (Å²) in [7, 11) is -4.00. The Morgan fingerprint density at radius 1 is 1.45 bits per heavy atom. The lowest BCUT2D eigenvalue weighted by molar-refractivity contribution is 0.0986. The molecule has 7 nitrogen and oxygen atoms in total. The molecule has 20 heavy (non-hydrogen) atoms. The van der Waals surface area contributed by atoms with Crippen molar-refractivity contribution < 1.29 is 22.1 Å². The van der Waals surface area contributed by atoms with Crippen LogP contribution < -0.4 is 10.5 Å². The molecule has 106 valence electrons. The summed E-state index contributed by atoms with van der Waals surface area (Å²) in [5, 5.41) is 10.5. The largest absolute Gasteiger partial charge is 0.351 e. The fraction of sp³-hybridized carbons (Fsp3) is 0.0909. The molecule has 0 radical (unpaired) electrons. The fourth-order valence-electron chi connectivity index (χ4n) is 1.46. The van der Waals surface area contributed by atoms with Crippen LogP contribution in [-0.2, 0) is 10.0 Å². The summed E-state index contributed by atoms with van der Waals surface area (Å²) >= 11 is 0. The number of nitrogens with zero attached hydrogens (tertiary/aromatic N) is 1. The average molecular weight is 299 g/mol. The molecule has 0 saturated heterocycles. The smallest absolute Gasteiger partial charge is 0.294 e. The van der Waals surface area contributed by atoms with Crippen LogP contribution in [0.5, 0.6) is 0 Å². The van der Waals surface area contributed by atoms with E-state index in [0.29, 0.717) is 5.56 Å². The number of amides is 1. The second kappa shape index (κ2) is 5.02. The number of nitrogens with two attached hydrogens (primary N) is 1. The van der Waals surface area contributed by atoms with E-state index in [1.54, 1.807) is 6.92 Å². The molecule has 2 aromatic rings. The predicted octanol–water partition coefficient (Wildman–Crippen LogP) is 1.02. The van der Waals surface area contributed by atoms with Crippen LogP contribution in [0.1, 0.15) is 16.1 Å². The first kappa shape index (κ1) is 14.2. The molecule has 0 fully saturated rings. The van der Waals surface area contributed by atoms with Crippen molar-refractivity contribution in [2.24, 2.45) is 5.14 Å². The number of carbonyl (C=O) groups excluding carboxylic acids is 1. The minimum atomic E-state index is -4.00. The highest BCUT2D eigenvalue weighted by molar-refractivity contribution is 7.89. The number of halogens is 1. The first-order valence-corrected chi connectivity index (χ1v) is 6.88. The summed E-state index contributed by atoms with van der Waals surface area (Å²) in [6.07, 6.45) is 1.34. The van der Waals surface area contributed by atoms with E-state index in [2.05, 4.69) is 10.5 Å². The first-order chi connectivity index (χ1) is 9.29. The number of benzene rings is 1. The Hall–Kier alpha value is -2.26. The van der Waals surface area contributed by atoms with Crippen molar-refractivity contribution in [2.45, 2.75) is 11.8 Å². The quantitative estimate of drug-likeness (QED) is 0.878. The van der Waals surface area contributed by atoms with Gasteiger partial charge in [0.2, 0.25) is 15.8 Å². The second-order valence-electron chi connectivity index (χ2n) is 3.98. The van der Waals surface area contributed by atoms with Crippen LogP contribution in [0, 0.1) is 12.7 Å². The van der Waals surface area contributed by atoms with Gasteiger partial charge < -0.3 is 9.84 Å². The van der Waals surface area contributed by atoms with Crippen molar-refractivity contribution in [1.82, 2.24) is 5.16 Å². The van der Waals surface area contributed by atoms with Gasteiger partial charge in [0.25, 0.3) is 5.91 Å². The van der Waals surface area contributed by atoms with Crippen LogP contribution in [0.2, 0.25) is 0 Å². The van der Waals surface area contributed by atoms with E-state index < -0.39 is 21.7 Å². The Labute approximate surface area is 113 Å². The molecule has 2 rings (SSSR count). The van der Waals surface area contributed by atoms with Crippen LogP contribution in [0.15, 0.2) is 33.8 Å². The standard InChI is InChI=1S/C11H10FN3O4S/c1-6-5-14-19-10(6)11(16)15-9-3-2-7(4-8(9)12)20(13,17)18/h2-5H,1H3,(H,15,16)(H2,13,17,18). The molecule has 0 aliphatic heterocycles. The third kappa shape index (κ3) is 2.83. The SMILES string of the molecule is Cc1cnoc1C(=O)Nc1ccc(S(N)(=O)=O)cc1F. The van der Waals surface area contributed by atoms with Crippen LogP contribution >= 0.6 is 0 Å². The zero-order valence-corrected chi connectivity index (χ0v) is 11.1. The summed E-state index contributed by atoms with van der Waals surface area (Å²) in [5.41, 5.74) is 0.294. The van der Waals surface area contributed by atoms with Gasteiger partial charge in [0.15, 0.2) is 0 Å². The zero-order valence-electron chi connectivity index (χ0n) is 10.3. The van der Waals surface area contributed by atoms with Crippen molar-refractivity contribution in [3.63, 3.8) is 0 Å². The highest BCUT2D eigenvalue weighted by Crippen LogP contribution is 2.19. The van der Waals surface area contributed by atoms with E-state index in [4.69, 9.17) is 9.66 Å². The number of primary sulfonamides is 1. The minimum absolute atomic E-state index is 0.0556. The number of anilines is 1. The Bertz CT molecular complexity index is 770. The lowest BCUT2D eigenvalue weighted by Gasteiger charge is -2.06. The third-order valence-electron chi connectivity index (χ3n) is 2.47. The van der Waals surface area contributed by atoms with Crippen LogP contribution in [0.4, 0.5) is 10.1 Å². The van der Waals surface area contributed by atoms with E-state index >= 15 is 0 Å². The number of hydrogen-bond acceptors (Lipinski definition) is 5. The van der Waals surface area contributed by atoms with Gasteiger partial charge in [-0.15, -0.1) is 0 Å². The van der Waals surface area contributed by atoms with Crippen LogP contribution in [-0.4, -0.2) is 19.5 Å². The maximum absolute atomic E-state index is 13.7. The predicted molar refractivity (Wildman–Crippen MR) is 67.0 cm³/mol. The molecule has 0 aliphatic carbocycles.